The Balaban J connectivity index is 2.82. The van der Waals surface area contributed by atoms with Gasteiger partial charge in [0, 0.05) is 4.47 Å². The minimum absolute atomic E-state index is 0.324. The molecule has 21 heavy (non-hydrogen) atoms. The second kappa shape index (κ2) is 7.09. The molecule has 2 amide bonds. The van der Waals surface area contributed by atoms with Gasteiger partial charge in [0.25, 0.3) is 0 Å². The van der Waals surface area contributed by atoms with Crippen LogP contribution in [0.15, 0.2) is 22.7 Å². The number of aliphatic carboxylic acids is 1. The number of anilines is 1. The van der Waals surface area contributed by atoms with E-state index in [1.54, 1.807) is 18.2 Å². The molecule has 0 aliphatic rings. The molecule has 0 aliphatic heterocycles. The Morgan fingerprint density at radius 3 is 2.62 bits per heavy atom. The van der Waals surface area contributed by atoms with Crippen molar-refractivity contribution in [2.24, 2.45) is 0 Å². The number of nitrogens with one attached hydrogen (secondary N) is 2. The topological polar surface area (TPSA) is 102 Å². The smallest absolute Gasteiger partial charge is 0.329 e. The fourth-order valence-corrected chi connectivity index (χ4v) is 2.29. The maximum Gasteiger partial charge on any atom is 0.329 e. The van der Waals surface area contributed by atoms with E-state index in [0.717, 1.165) is 0 Å². The standard InChI is InChI=1S/C14H16BrN3O3/c1-3-6-14(2,12(19)20)18-13(21)17-11-5-4-9(8-16)7-10(11)15/h4-5,7H,3,6H2,1-2H3,(H,19,20)(H2,17,18,21). The monoisotopic (exact) mass is 353 g/mol. The van der Waals surface area contributed by atoms with Crippen LogP contribution in [-0.4, -0.2) is 22.6 Å². The van der Waals surface area contributed by atoms with Crippen LogP contribution < -0.4 is 10.6 Å². The zero-order chi connectivity index (χ0) is 16.0. The van der Waals surface area contributed by atoms with Crippen LogP contribution in [-0.2, 0) is 4.79 Å². The fraction of sp³-hybridized carbons (Fsp3) is 0.357. The summed E-state index contributed by atoms with van der Waals surface area (Å²) in [4.78, 5) is 23.2. The third-order valence-electron chi connectivity index (χ3n) is 2.96. The maximum atomic E-state index is 11.9. The lowest BCUT2D eigenvalue weighted by Gasteiger charge is -2.26. The minimum Gasteiger partial charge on any atom is -0.480 e. The summed E-state index contributed by atoms with van der Waals surface area (Å²) in [6.45, 7) is 3.31. The van der Waals surface area contributed by atoms with Gasteiger partial charge < -0.3 is 15.7 Å². The molecule has 6 nitrogen and oxygen atoms in total. The maximum absolute atomic E-state index is 11.9. The number of carbonyl (C=O) groups excluding carboxylic acids is 1. The van der Waals surface area contributed by atoms with E-state index in [-0.39, 0.29) is 0 Å². The van der Waals surface area contributed by atoms with Crippen molar-refractivity contribution in [3.8, 4) is 6.07 Å². The van der Waals surface area contributed by atoms with Crippen LogP contribution in [0.4, 0.5) is 10.5 Å². The van der Waals surface area contributed by atoms with Crippen LogP contribution in [0.25, 0.3) is 0 Å². The van der Waals surface area contributed by atoms with Gasteiger partial charge in [-0.15, -0.1) is 0 Å². The van der Waals surface area contributed by atoms with E-state index in [2.05, 4.69) is 26.6 Å². The average molecular weight is 354 g/mol. The molecular weight excluding hydrogens is 338 g/mol. The molecule has 0 bridgehead atoms. The number of rotatable bonds is 5. The lowest BCUT2D eigenvalue weighted by atomic mass is 9.97. The molecule has 0 saturated heterocycles. The molecule has 0 aromatic heterocycles. The molecule has 1 aromatic carbocycles. The van der Waals surface area contributed by atoms with Gasteiger partial charge in [-0.1, -0.05) is 13.3 Å². The minimum atomic E-state index is -1.32. The van der Waals surface area contributed by atoms with Gasteiger partial charge in [0.2, 0.25) is 0 Å². The first-order valence-electron chi connectivity index (χ1n) is 6.34. The van der Waals surface area contributed by atoms with Gasteiger partial charge in [0.1, 0.15) is 5.54 Å². The number of carboxylic acids is 1. The third kappa shape index (κ3) is 4.46. The number of urea groups is 1. The molecule has 0 radical (unpaired) electrons. The molecular formula is C14H16BrN3O3. The van der Waals surface area contributed by atoms with Crippen LogP contribution in [0.1, 0.15) is 32.3 Å². The molecule has 0 aliphatic carbocycles. The summed E-state index contributed by atoms with van der Waals surface area (Å²) in [6.07, 6.45) is 0.952. The van der Waals surface area contributed by atoms with Gasteiger partial charge in [0.05, 0.1) is 17.3 Å². The Morgan fingerprint density at radius 1 is 1.48 bits per heavy atom. The number of carbonyl (C=O) groups is 2. The second-order valence-electron chi connectivity index (χ2n) is 4.77. The predicted molar refractivity (Wildman–Crippen MR) is 82.0 cm³/mol. The number of hydrogen-bond donors (Lipinski definition) is 3. The first kappa shape index (κ1) is 17.0. The second-order valence-corrected chi connectivity index (χ2v) is 5.63. The average Bonchev–Trinajstić information content (AvgIpc) is 2.41. The van der Waals surface area contributed by atoms with E-state index in [9.17, 15) is 14.7 Å². The molecule has 112 valence electrons. The van der Waals surface area contributed by atoms with Gasteiger partial charge in [-0.2, -0.15) is 5.26 Å². The van der Waals surface area contributed by atoms with Crippen molar-refractivity contribution in [3.63, 3.8) is 0 Å². The Hall–Kier alpha value is -2.07. The lowest BCUT2D eigenvalue weighted by molar-refractivity contribution is -0.143. The Morgan fingerprint density at radius 2 is 2.14 bits per heavy atom. The normalized spacial score (nSPS) is 12.9. The van der Waals surface area contributed by atoms with Crippen molar-refractivity contribution >= 4 is 33.6 Å². The van der Waals surface area contributed by atoms with Crippen molar-refractivity contribution in [3.05, 3.63) is 28.2 Å². The van der Waals surface area contributed by atoms with Gasteiger partial charge in [-0.3, -0.25) is 0 Å². The molecule has 1 atom stereocenters. The van der Waals surface area contributed by atoms with Crippen molar-refractivity contribution in [1.29, 1.82) is 5.26 Å². The van der Waals surface area contributed by atoms with E-state index in [0.29, 0.717) is 28.6 Å². The highest BCUT2D eigenvalue weighted by molar-refractivity contribution is 9.10. The zero-order valence-corrected chi connectivity index (χ0v) is 13.3. The molecule has 1 rings (SSSR count). The first-order valence-corrected chi connectivity index (χ1v) is 7.14. The third-order valence-corrected chi connectivity index (χ3v) is 3.61. The number of amides is 2. The SMILES string of the molecule is CCCC(C)(NC(=O)Nc1ccc(C#N)cc1Br)C(=O)O. The van der Waals surface area contributed by atoms with Crippen molar-refractivity contribution in [2.75, 3.05) is 5.32 Å². The quantitative estimate of drug-likeness (QED) is 0.756. The molecule has 1 unspecified atom stereocenters. The molecule has 3 N–H and O–H groups in total. The van der Waals surface area contributed by atoms with Crippen LogP contribution in [0.3, 0.4) is 0 Å². The van der Waals surface area contributed by atoms with Crippen LogP contribution >= 0.6 is 15.9 Å². The van der Waals surface area contributed by atoms with Crippen LogP contribution in [0, 0.1) is 11.3 Å². The zero-order valence-electron chi connectivity index (χ0n) is 11.7. The highest BCUT2D eigenvalue weighted by atomic mass is 79.9. The number of benzene rings is 1. The molecule has 0 heterocycles. The summed E-state index contributed by atoms with van der Waals surface area (Å²) >= 11 is 3.25. The van der Waals surface area contributed by atoms with E-state index in [4.69, 9.17) is 5.26 Å². The summed E-state index contributed by atoms with van der Waals surface area (Å²) in [7, 11) is 0. The van der Waals surface area contributed by atoms with Gasteiger partial charge in [-0.05, 0) is 47.5 Å². The summed E-state index contributed by atoms with van der Waals surface area (Å²) in [5, 5.41) is 23.0. The van der Waals surface area contributed by atoms with Crippen molar-refractivity contribution in [2.45, 2.75) is 32.2 Å². The first-order chi connectivity index (χ1) is 9.82. The number of hydrogen-bond acceptors (Lipinski definition) is 3. The number of nitriles is 1. The molecule has 0 spiro atoms. The summed E-state index contributed by atoms with van der Waals surface area (Å²) in [6, 6.07) is 6.07. The van der Waals surface area contributed by atoms with Gasteiger partial charge in [0.15, 0.2) is 0 Å². The number of carboxylic acid groups (broad SMARTS) is 1. The van der Waals surface area contributed by atoms with E-state index in [1.165, 1.54) is 6.92 Å². The Kier molecular flexibility index (Phi) is 5.73. The fourth-order valence-electron chi connectivity index (χ4n) is 1.81. The lowest BCUT2D eigenvalue weighted by Crippen LogP contribution is -2.53. The summed E-state index contributed by atoms with van der Waals surface area (Å²) in [5.74, 6) is -1.08. The molecule has 7 heteroatoms. The molecule has 1 aromatic rings. The summed E-state index contributed by atoms with van der Waals surface area (Å²) in [5.41, 5.74) is -0.414. The predicted octanol–water partition coefficient (Wildman–Crippen LogP) is 3.09. The van der Waals surface area contributed by atoms with Gasteiger partial charge in [-0.25, -0.2) is 9.59 Å². The van der Waals surface area contributed by atoms with Gasteiger partial charge >= 0.3 is 12.0 Å². The highest BCUT2D eigenvalue weighted by Crippen LogP contribution is 2.23. The van der Waals surface area contributed by atoms with E-state index < -0.39 is 17.5 Å². The Labute approximate surface area is 131 Å². The molecule has 0 saturated carbocycles. The van der Waals surface area contributed by atoms with Crippen LogP contribution in [0.2, 0.25) is 0 Å². The van der Waals surface area contributed by atoms with E-state index in [1.807, 2.05) is 13.0 Å². The molecule has 0 fully saturated rings. The summed E-state index contributed by atoms with van der Waals surface area (Å²) < 4.78 is 0.546. The Bertz CT molecular complexity index is 598. The largest absolute Gasteiger partial charge is 0.480 e. The van der Waals surface area contributed by atoms with Crippen LogP contribution in [0.5, 0.6) is 0 Å². The number of halogens is 1. The van der Waals surface area contributed by atoms with E-state index >= 15 is 0 Å². The number of nitrogens with zero attached hydrogens (tertiary/aromatic N) is 1. The highest BCUT2D eigenvalue weighted by Gasteiger charge is 2.33. The van der Waals surface area contributed by atoms with Crippen molar-refractivity contribution < 1.29 is 14.7 Å². The van der Waals surface area contributed by atoms with Crippen molar-refractivity contribution in [1.82, 2.24) is 5.32 Å².